The van der Waals surface area contributed by atoms with Crippen LogP contribution in [0.1, 0.15) is 36.3 Å². The van der Waals surface area contributed by atoms with E-state index in [0.717, 1.165) is 12.0 Å². The molecular weight excluding hydrogens is 299 g/mol. The molecule has 7 heteroatoms. The molecule has 2 unspecified atom stereocenters. The van der Waals surface area contributed by atoms with Crippen molar-refractivity contribution >= 4 is 6.03 Å². The summed E-state index contributed by atoms with van der Waals surface area (Å²) in [5.74, 6) is 0.0798. The number of aryl methyl sites for hydroxylation is 1. The first-order valence-corrected chi connectivity index (χ1v) is 7.62. The molecule has 1 aliphatic heterocycles. The Morgan fingerprint density at radius 1 is 1.48 bits per heavy atom. The lowest BCUT2D eigenvalue weighted by molar-refractivity contribution is 0.191. The molecule has 1 aromatic carbocycles. The Labute approximate surface area is 133 Å². The van der Waals surface area contributed by atoms with Gasteiger partial charge in [0.2, 0.25) is 0 Å². The highest BCUT2D eigenvalue weighted by atomic mass is 19.1. The molecule has 0 bridgehead atoms. The number of benzene rings is 1. The van der Waals surface area contributed by atoms with E-state index in [-0.39, 0.29) is 24.4 Å². The Balaban J connectivity index is 1.71. The number of hydrogen-bond donors (Lipinski definition) is 1. The predicted molar refractivity (Wildman–Crippen MR) is 80.9 cm³/mol. The second kappa shape index (κ2) is 6.36. The first kappa shape index (κ1) is 15.5. The minimum absolute atomic E-state index is 0.114. The minimum atomic E-state index is -0.285. The number of carbonyl (C=O) groups is 1. The van der Waals surface area contributed by atoms with E-state index in [1.165, 1.54) is 12.1 Å². The third kappa shape index (κ3) is 3.33. The van der Waals surface area contributed by atoms with Crippen molar-refractivity contribution in [3.63, 3.8) is 0 Å². The van der Waals surface area contributed by atoms with Crippen molar-refractivity contribution in [2.24, 2.45) is 5.92 Å². The molecule has 0 spiro atoms. The van der Waals surface area contributed by atoms with Crippen LogP contribution in [-0.2, 0) is 6.54 Å². The van der Waals surface area contributed by atoms with Crippen molar-refractivity contribution in [1.29, 1.82) is 0 Å². The first-order chi connectivity index (χ1) is 11.0. The fourth-order valence-corrected chi connectivity index (χ4v) is 2.97. The van der Waals surface area contributed by atoms with Gasteiger partial charge in [0.25, 0.3) is 0 Å². The SMILES string of the molecule is Cc1nonc1CNC(=O)N1CC(C)CC1c1cccc(F)c1. The predicted octanol–water partition coefficient (Wildman–Crippen LogP) is 2.81. The summed E-state index contributed by atoms with van der Waals surface area (Å²) in [5, 5.41) is 10.3. The Morgan fingerprint density at radius 3 is 3.00 bits per heavy atom. The topological polar surface area (TPSA) is 71.3 Å². The van der Waals surface area contributed by atoms with Crippen LogP contribution in [0.15, 0.2) is 28.9 Å². The molecule has 2 aromatic rings. The van der Waals surface area contributed by atoms with Gasteiger partial charge >= 0.3 is 6.03 Å². The monoisotopic (exact) mass is 318 g/mol. The van der Waals surface area contributed by atoms with Crippen LogP contribution in [0.5, 0.6) is 0 Å². The van der Waals surface area contributed by atoms with Gasteiger partial charge in [0.1, 0.15) is 17.2 Å². The van der Waals surface area contributed by atoms with Crippen molar-refractivity contribution in [1.82, 2.24) is 20.5 Å². The molecular formula is C16H19FN4O2. The normalized spacial score (nSPS) is 20.7. The van der Waals surface area contributed by atoms with E-state index in [4.69, 9.17) is 0 Å². The molecule has 122 valence electrons. The largest absolute Gasteiger partial charge is 0.332 e. The van der Waals surface area contributed by atoms with Gasteiger partial charge in [0, 0.05) is 6.54 Å². The van der Waals surface area contributed by atoms with Crippen molar-refractivity contribution < 1.29 is 13.8 Å². The van der Waals surface area contributed by atoms with Gasteiger partial charge in [-0.2, -0.15) is 0 Å². The third-order valence-electron chi connectivity index (χ3n) is 4.16. The fraction of sp³-hybridized carbons (Fsp3) is 0.438. The number of amides is 2. The number of nitrogens with one attached hydrogen (secondary N) is 1. The molecule has 2 atom stereocenters. The van der Waals surface area contributed by atoms with Crippen molar-refractivity contribution in [3.8, 4) is 0 Å². The highest BCUT2D eigenvalue weighted by Crippen LogP contribution is 2.35. The molecule has 1 N–H and O–H groups in total. The van der Waals surface area contributed by atoms with Gasteiger partial charge in [-0.3, -0.25) is 0 Å². The maximum Gasteiger partial charge on any atom is 0.318 e. The van der Waals surface area contributed by atoms with Crippen LogP contribution in [0.4, 0.5) is 9.18 Å². The summed E-state index contributed by atoms with van der Waals surface area (Å²) < 4.78 is 18.1. The fourth-order valence-electron chi connectivity index (χ4n) is 2.97. The Morgan fingerprint density at radius 2 is 2.30 bits per heavy atom. The van der Waals surface area contributed by atoms with Crippen LogP contribution in [0.25, 0.3) is 0 Å². The van der Waals surface area contributed by atoms with E-state index >= 15 is 0 Å². The zero-order valence-corrected chi connectivity index (χ0v) is 13.1. The lowest BCUT2D eigenvalue weighted by Crippen LogP contribution is -2.39. The molecule has 1 fully saturated rings. The number of nitrogens with zero attached hydrogens (tertiary/aromatic N) is 3. The molecule has 0 radical (unpaired) electrons. The summed E-state index contributed by atoms with van der Waals surface area (Å²) in [7, 11) is 0. The quantitative estimate of drug-likeness (QED) is 0.944. The van der Waals surface area contributed by atoms with Crippen LogP contribution < -0.4 is 5.32 Å². The van der Waals surface area contributed by atoms with Crippen LogP contribution in [0.2, 0.25) is 0 Å². The number of likely N-dealkylation sites (tertiary alicyclic amines) is 1. The van der Waals surface area contributed by atoms with E-state index in [1.54, 1.807) is 17.9 Å². The molecule has 2 amide bonds. The highest BCUT2D eigenvalue weighted by molar-refractivity contribution is 5.75. The number of halogens is 1. The lowest BCUT2D eigenvalue weighted by Gasteiger charge is -2.25. The third-order valence-corrected chi connectivity index (χ3v) is 4.16. The number of aromatic nitrogens is 2. The number of carbonyl (C=O) groups excluding carboxylic acids is 1. The van der Waals surface area contributed by atoms with Gasteiger partial charge in [-0.15, -0.1) is 0 Å². The van der Waals surface area contributed by atoms with Gasteiger partial charge in [0.15, 0.2) is 0 Å². The van der Waals surface area contributed by atoms with Crippen LogP contribution in [-0.4, -0.2) is 27.8 Å². The first-order valence-electron chi connectivity index (χ1n) is 7.62. The average Bonchev–Trinajstić information content (AvgIpc) is 3.11. The maximum absolute atomic E-state index is 13.5. The van der Waals surface area contributed by atoms with Crippen molar-refractivity contribution in [3.05, 3.63) is 47.0 Å². The standard InChI is InChI=1S/C16H19FN4O2/c1-10-6-15(12-4-3-5-13(17)7-12)21(9-10)16(22)18-8-14-11(2)19-23-20-14/h3-5,7,10,15H,6,8-9H2,1-2H3,(H,18,22). The summed E-state index contributed by atoms with van der Waals surface area (Å²) >= 11 is 0. The number of urea groups is 1. The minimum Gasteiger partial charge on any atom is -0.332 e. The van der Waals surface area contributed by atoms with E-state index in [1.807, 2.05) is 6.07 Å². The van der Waals surface area contributed by atoms with Crippen LogP contribution >= 0.6 is 0 Å². The number of rotatable bonds is 3. The number of hydrogen-bond acceptors (Lipinski definition) is 4. The van der Waals surface area contributed by atoms with E-state index in [0.29, 0.717) is 23.9 Å². The molecule has 3 rings (SSSR count). The molecule has 23 heavy (non-hydrogen) atoms. The summed E-state index contributed by atoms with van der Waals surface area (Å²) in [6, 6.07) is 6.14. The Bertz CT molecular complexity index is 703. The molecule has 6 nitrogen and oxygen atoms in total. The molecule has 2 heterocycles. The summed E-state index contributed by atoms with van der Waals surface area (Å²) in [4.78, 5) is 14.3. The molecule has 0 aliphatic carbocycles. The van der Waals surface area contributed by atoms with Crippen molar-refractivity contribution in [2.45, 2.75) is 32.9 Å². The molecule has 1 aromatic heterocycles. The van der Waals surface area contributed by atoms with E-state index < -0.39 is 0 Å². The zero-order valence-electron chi connectivity index (χ0n) is 13.1. The Kier molecular flexibility index (Phi) is 4.27. The smallest absolute Gasteiger partial charge is 0.318 e. The van der Waals surface area contributed by atoms with E-state index in [9.17, 15) is 9.18 Å². The Hall–Kier alpha value is -2.44. The van der Waals surface area contributed by atoms with Gasteiger partial charge in [-0.1, -0.05) is 29.4 Å². The second-order valence-corrected chi connectivity index (χ2v) is 6.02. The van der Waals surface area contributed by atoms with Crippen molar-refractivity contribution in [2.75, 3.05) is 6.54 Å². The highest BCUT2D eigenvalue weighted by Gasteiger charge is 2.34. The van der Waals surface area contributed by atoms with Gasteiger partial charge in [0.05, 0.1) is 12.6 Å². The molecule has 0 saturated carbocycles. The zero-order chi connectivity index (χ0) is 16.4. The maximum atomic E-state index is 13.5. The van der Waals surface area contributed by atoms with Gasteiger partial charge in [-0.05, 0) is 37.0 Å². The van der Waals surface area contributed by atoms with Gasteiger partial charge in [-0.25, -0.2) is 13.8 Å². The van der Waals surface area contributed by atoms with Gasteiger partial charge < -0.3 is 10.2 Å². The second-order valence-electron chi connectivity index (χ2n) is 6.02. The summed E-state index contributed by atoms with van der Waals surface area (Å²) in [6.07, 6.45) is 0.821. The van der Waals surface area contributed by atoms with E-state index in [2.05, 4.69) is 27.2 Å². The lowest BCUT2D eigenvalue weighted by atomic mass is 10.0. The molecule has 1 aliphatic rings. The summed E-state index contributed by atoms with van der Waals surface area (Å²) in [5.41, 5.74) is 2.08. The summed E-state index contributed by atoms with van der Waals surface area (Å²) in [6.45, 7) is 4.76. The van der Waals surface area contributed by atoms with Crippen LogP contribution in [0, 0.1) is 18.7 Å². The average molecular weight is 318 g/mol. The molecule has 1 saturated heterocycles. The van der Waals surface area contributed by atoms with Crippen LogP contribution in [0.3, 0.4) is 0 Å².